The second kappa shape index (κ2) is 6.63. The number of benzene rings is 1. The Balaban J connectivity index is 1.84. The molecule has 0 bridgehead atoms. The van der Waals surface area contributed by atoms with Crippen LogP contribution >= 0.6 is 0 Å². The molecule has 1 aromatic heterocycles. The van der Waals surface area contributed by atoms with Crippen LogP contribution in [-0.4, -0.2) is 17.8 Å². The van der Waals surface area contributed by atoms with E-state index in [9.17, 15) is 0 Å². The van der Waals surface area contributed by atoms with Gasteiger partial charge in [-0.25, -0.2) is 0 Å². The summed E-state index contributed by atoms with van der Waals surface area (Å²) in [7, 11) is 1.64. The van der Waals surface area contributed by atoms with Gasteiger partial charge in [0.05, 0.1) is 12.8 Å². The maximum atomic E-state index is 5.64. The van der Waals surface area contributed by atoms with Gasteiger partial charge in [0.1, 0.15) is 18.1 Å². The molecule has 114 valence electrons. The molecular formula is C16H22N2O3. The predicted molar refractivity (Wildman–Crippen MR) is 80.4 cm³/mol. The molecule has 0 fully saturated rings. The first-order valence-corrected chi connectivity index (χ1v) is 6.92. The number of nitrogens with one attached hydrogen (secondary N) is 1. The number of rotatable bonds is 6. The van der Waals surface area contributed by atoms with E-state index in [0.29, 0.717) is 18.9 Å². The van der Waals surface area contributed by atoms with E-state index in [1.54, 1.807) is 7.11 Å². The zero-order valence-corrected chi connectivity index (χ0v) is 13.0. The lowest BCUT2D eigenvalue weighted by Crippen LogP contribution is -2.35. The summed E-state index contributed by atoms with van der Waals surface area (Å²) in [6.07, 6.45) is 0. The Labute approximate surface area is 125 Å². The van der Waals surface area contributed by atoms with Gasteiger partial charge in [-0.3, -0.25) is 0 Å². The number of hydrogen-bond donors (Lipinski definition) is 1. The van der Waals surface area contributed by atoms with Crippen molar-refractivity contribution in [3.05, 3.63) is 41.8 Å². The molecule has 2 aromatic rings. The number of nitrogens with zero attached hydrogens (tertiary/aromatic N) is 1. The van der Waals surface area contributed by atoms with Crippen LogP contribution in [0.3, 0.4) is 0 Å². The lowest BCUT2D eigenvalue weighted by molar-refractivity contribution is 0.248. The van der Waals surface area contributed by atoms with Crippen molar-refractivity contribution in [1.82, 2.24) is 10.5 Å². The highest BCUT2D eigenvalue weighted by Gasteiger charge is 2.11. The molecule has 0 aliphatic rings. The fraction of sp³-hybridized carbons (Fsp3) is 0.438. The van der Waals surface area contributed by atoms with Gasteiger partial charge in [-0.15, -0.1) is 0 Å². The van der Waals surface area contributed by atoms with E-state index >= 15 is 0 Å². The standard InChI is InChI=1S/C16H22N2O3/c1-16(2,3)17-10-12-9-15(21-18-12)11-20-14-7-5-13(19-4)6-8-14/h5-9,17H,10-11H2,1-4H3. The smallest absolute Gasteiger partial charge is 0.174 e. The first-order chi connectivity index (χ1) is 9.96. The van der Waals surface area contributed by atoms with Gasteiger partial charge in [0, 0.05) is 18.2 Å². The van der Waals surface area contributed by atoms with Gasteiger partial charge in [-0.05, 0) is 45.0 Å². The van der Waals surface area contributed by atoms with Crippen molar-refractivity contribution in [3.8, 4) is 11.5 Å². The van der Waals surface area contributed by atoms with E-state index in [2.05, 4.69) is 31.2 Å². The van der Waals surface area contributed by atoms with E-state index in [1.807, 2.05) is 30.3 Å². The normalized spacial score (nSPS) is 11.4. The minimum Gasteiger partial charge on any atom is -0.497 e. The predicted octanol–water partition coefficient (Wildman–Crippen LogP) is 3.15. The Hall–Kier alpha value is -2.01. The molecule has 0 atom stereocenters. The van der Waals surface area contributed by atoms with Crippen LogP contribution in [-0.2, 0) is 13.2 Å². The highest BCUT2D eigenvalue weighted by Crippen LogP contribution is 2.18. The molecule has 0 saturated heterocycles. The Morgan fingerprint density at radius 3 is 2.43 bits per heavy atom. The minimum absolute atomic E-state index is 0.0543. The Morgan fingerprint density at radius 2 is 1.81 bits per heavy atom. The number of methoxy groups -OCH3 is 1. The van der Waals surface area contributed by atoms with E-state index < -0.39 is 0 Å². The summed E-state index contributed by atoms with van der Waals surface area (Å²) in [5.41, 5.74) is 0.928. The monoisotopic (exact) mass is 290 g/mol. The van der Waals surface area contributed by atoms with Gasteiger partial charge in [0.25, 0.3) is 0 Å². The van der Waals surface area contributed by atoms with Gasteiger partial charge in [0.2, 0.25) is 0 Å². The maximum absolute atomic E-state index is 5.64. The minimum atomic E-state index is 0.0543. The Morgan fingerprint density at radius 1 is 1.14 bits per heavy atom. The third-order valence-electron chi connectivity index (χ3n) is 2.85. The highest BCUT2D eigenvalue weighted by atomic mass is 16.5. The molecule has 0 saturated carbocycles. The van der Waals surface area contributed by atoms with E-state index in [4.69, 9.17) is 14.0 Å². The largest absolute Gasteiger partial charge is 0.497 e. The van der Waals surface area contributed by atoms with Crippen molar-refractivity contribution in [2.24, 2.45) is 0 Å². The second-order valence-corrected chi connectivity index (χ2v) is 5.85. The second-order valence-electron chi connectivity index (χ2n) is 5.85. The third kappa shape index (κ3) is 5.11. The van der Waals surface area contributed by atoms with Crippen LogP contribution in [0, 0.1) is 0 Å². The lowest BCUT2D eigenvalue weighted by Gasteiger charge is -2.19. The molecule has 2 rings (SSSR count). The first-order valence-electron chi connectivity index (χ1n) is 6.92. The van der Waals surface area contributed by atoms with Crippen molar-refractivity contribution in [3.63, 3.8) is 0 Å². The molecule has 0 amide bonds. The van der Waals surface area contributed by atoms with Crippen LogP contribution < -0.4 is 14.8 Å². The molecule has 5 nitrogen and oxygen atoms in total. The SMILES string of the molecule is COc1ccc(OCc2cc(CNC(C)(C)C)no2)cc1. The van der Waals surface area contributed by atoms with Crippen LogP contribution in [0.1, 0.15) is 32.2 Å². The van der Waals surface area contributed by atoms with Crippen LogP contribution in [0.15, 0.2) is 34.9 Å². The van der Waals surface area contributed by atoms with Crippen molar-refractivity contribution >= 4 is 0 Å². The van der Waals surface area contributed by atoms with E-state index in [0.717, 1.165) is 17.2 Å². The summed E-state index contributed by atoms with van der Waals surface area (Å²) in [4.78, 5) is 0. The van der Waals surface area contributed by atoms with Crippen LogP contribution in [0.25, 0.3) is 0 Å². The molecule has 1 heterocycles. The summed E-state index contributed by atoms with van der Waals surface area (Å²) < 4.78 is 16.0. The fourth-order valence-corrected chi connectivity index (χ4v) is 1.69. The van der Waals surface area contributed by atoms with Crippen LogP contribution in [0.2, 0.25) is 0 Å². The zero-order valence-electron chi connectivity index (χ0n) is 13.0. The number of ether oxygens (including phenoxy) is 2. The van der Waals surface area contributed by atoms with Gasteiger partial charge in [0.15, 0.2) is 5.76 Å². The Kier molecular flexibility index (Phi) is 4.85. The lowest BCUT2D eigenvalue weighted by atomic mass is 10.1. The van der Waals surface area contributed by atoms with E-state index in [1.165, 1.54) is 0 Å². The van der Waals surface area contributed by atoms with Gasteiger partial charge >= 0.3 is 0 Å². The maximum Gasteiger partial charge on any atom is 0.174 e. The average Bonchev–Trinajstić information content (AvgIpc) is 2.91. The Bertz CT molecular complexity index is 556. The van der Waals surface area contributed by atoms with Crippen molar-refractivity contribution in [1.29, 1.82) is 0 Å². The zero-order chi connectivity index (χ0) is 15.3. The van der Waals surface area contributed by atoms with Crippen LogP contribution in [0.4, 0.5) is 0 Å². The first kappa shape index (κ1) is 15.4. The molecule has 0 radical (unpaired) electrons. The highest BCUT2D eigenvalue weighted by molar-refractivity contribution is 5.31. The van der Waals surface area contributed by atoms with Gasteiger partial charge in [-0.2, -0.15) is 0 Å². The van der Waals surface area contributed by atoms with Gasteiger partial charge < -0.3 is 19.3 Å². The molecule has 0 aliphatic heterocycles. The summed E-state index contributed by atoms with van der Waals surface area (Å²) in [5.74, 6) is 2.27. The molecule has 0 spiro atoms. The summed E-state index contributed by atoms with van der Waals surface area (Å²) >= 11 is 0. The third-order valence-corrected chi connectivity index (χ3v) is 2.85. The van der Waals surface area contributed by atoms with E-state index in [-0.39, 0.29) is 5.54 Å². The molecule has 1 N–H and O–H groups in total. The quantitative estimate of drug-likeness (QED) is 0.885. The summed E-state index contributed by atoms with van der Waals surface area (Å²) in [6.45, 7) is 7.37. The average molecular weight is 290 g/mol. The molecule has 0 aliphatic carbocycles. The summed E-state index contributed by atoms with van der Waals surface area (Å²) in [6, 6.07) is 9.33. The topological polar surface area (TPSA) is 56.5 Å². The number of hydrogen-bond acceptors (Lipinski definition) is 5. The molecule has 1 aromatic carbocycles. The molecular weight excluding hydrogens is 268 g/mol. The molecule has 21 heavy (non-hydrogen) atoms. The van der Waals surface area contributed by atoms with Crippen molar-refractivity contribution in [2.45, 2.75) is 39.5 Å². The fourth-order valence-electron chi connectivity index (χ4n) is 1.69. The molecule has 0 unspecified atom stereocenters. The summed E-state index contributed by atoms with van der Waals surface area (Å²) in [5, 5.41) is 7.38. The number of aromatic nitrogens is 1. The molecule has 5 heteroatoms. The van der Waals surface area contributed by atoms with Crippen LogP contribution in [0.5, 0.6) is 11.5 Å². The van der Waals surface area contributed by atoms with Crippen molar-refractivity contribution in [2.75, 3.05) is 7.11 Å². The van der Waals surface area contributed by atoms with Gasteiger partial charge in [-0.1, -0.05) is 5.16 Å². The van der Waals surface area contributed by atoms with Crippen molar-refractivity contribution < 1.29 is 14.0 Å².